The Balaban J connectivity index is 1.87. The van der Waals surface area contributed by atoms with Gasteiger partial charge in [0.2, 0.25) is 5.91 Å². The molecule has 2 heterocycles. The van der Waals surface area contributed by atoms with Gasteiger partial charge in [-0.15, -0.1) is 0 Å². The van der Waals surface area contributed by atoms with Crippen molar-refractivity contribution in [3.8, 4) is 0 Å². The Morgan fingerprint density at radius 3 is 2.94 bits per heavy atom. The maximum absolute atomic E-state index is 11.9. The molecule has 90 valence electrons. The van der Waals surface area contributed by atoms with Crippen LogP contribution < -0.4 is 5.32 Å². The van der Waals surface area contributed by atoms with Crippen LogP contribution in [0.5, 0.6) is 0 Å². The van der Waals surface area contributed by atoms with Gasteiger partial charge in [-0.3, -0.25) is 14.8 Å². The maximum Gasteiger partial charge on any atom is 0.237 e. The van der Waals surface area contributed by atoms with Crippen molar-refractivity contribution in [1.29, 1.82) is 0 Å². The van der Waals surface area contributed by atoms with Crippen LogP contribution in [0.25, 0.3) is 0 Å². The zero-order valence-corrected chi connectivity index (χ0v) is 11.1. The summed E-state index contributed by atoms with van der Waals surface area (Å²) in [5.74, 6) is 1.03. The molecule has 0 bridgehead atoms. The molecule has 1 amide bonds. The minimum Gasteiger partial charge on any atom is -0.325 e. The summed E-state index contributed by atoms with van der Waals surface area (Å²) in [5.41, 5.74) is 0.776. The molecule has 4 nitrogen and oxygen atoms in total. The molecule has 0 fully saturated rings. The summed E-state index contributed by atoms with van der Waals surface area (Å²) in [7, 11) is 0. The zero-order valence-electron chi connectivity index (χ0n) is 9.42. The van der Waals surface area contributed by atoms with Crippen LogP contribution in [-0.4, -0.2) is 32.8 Å². The highest BCUT2D eigenvalue weighted by Gasteiger charge is 2.18. The van der Waals surface area contributed by atoms with E-state index in [0.717, 1.165) is 22.4 Å². The molecular weight excluding hydrogens is 254 g/mol. The van der Waals surface area contributed by atoms with Gasteiger partial charge in [0.25, 0.3) is 0 Å². The van der Waals surface area contributed by atoms with Crippen LogP contribution in [0, 0.1) is 0 Å². The third kappa shape index (κ3) is 3.74. The molecule has 0 saturated carbocycles. The van der Waals surface area contributed by atoms with Gasteiger partial charge in [0, 0.05) is 23.8 Å². The van der Waals surface area contributed by atoms with E-state index < -0.39 is 0 Å². The molecule has 0 spiro atoms. The lowest BCUT2D eigenvalue weighted by Crippen LogP contribution is -2.23. The summed E-state index contributed by atoms with van der Waals surface area (Å²) in [4.78, 5) is 20.1. The molecule has 6 heteroatoms. The smallest absolute Gasteiger partial charge is 0.237 e. The van der Waals surface area contributed by atoms with E-state index in [1.165, 1.54) is 11.8 Å². The first kappa shape index (κ1) is 12.4. The van der Waals surface area contributed by atoms with Crippen molar-refractivity contribution in [3.63, 3.8) is 0 Å². The van der Waals surface area contributed by atoms with Crippen LogP contribution in [0.3, 0.4) is 0 Å². The van der Waals surface area contributed by atoms with E-state index in [9.17, 15) is 4.79 Å². The molecule has 17 heavy (non-hydrogen) atoms. The number of thioether (sulfide) groups is 2. The Hall–Kier alpha value is -1.01. The SMILES string of the molecule is CC(SC1=NCCS1)C(=O)Nc1ccncc1. The Morgan fingerprint density at radius 1 is 1.53 bits per heavy atom. The van der Waals surface area contributed by atoms with Gasteiger partial charge < -0.3 is 5.32 Å². The van der Waals surface area contributed by atoms with Gasteiger partial charge in [-0.05, 0) is 19.1 Å². The normalized spacial score (nSPS) is 16.4. The van der Waals surface area contributed by atoms with Crippen LogP contribution in [0.1, 0.15) is 6.92 Å². The van der Waals surface area contributed by atoms with Gasteiger partial charge in [0.05, 0.1) is 11.8 Å². The molecule has 1 unspecified atom stereocenters. The van der Waals surface area contributed by atoms with Crippen molar-refractivity contribution in [3.05, 3.63) is 24.5 Å². The lowest BCUT2D eigenvalue weighted by atomic mass is 10.3. The first-order valence-electron chi connectivity index (χ1n) is 5.30. The summed E-state index contributed by atoms with van der Waals surface area (Å²) in [6, 6.07) is 3.55. The fourth-order valence-electron chi connectivity index (χ4n) is 1.27. The second kappa shape index (κ2) is 6.07. The van der Waals surface area contributed by atoms with Gasteiger partial charge in [-0.1, -0.05) is 23.5 Å². The molecule has 2 rings (SSSR count). The molecule has 1 aromatic heterocycles. The van der Waals surface area contributed by atoms with Crippen molar-refractivity contribution < 1.29 is 4.79 Å². The number of hydrogen-bond acceptors (Lipinski definition) is 5. The summed E-state index contributed by atoms with van der Waals surface area (Å²) in [6.07, 6.45) is 3.31. The largest absolute Gasteiger partial charge is 0.325 e. The summed E-state index contributed by atoms with van der Waals surface area (Å²) < 4.78 is 1.02. The number of carbonyl (C=O) groups is 1. The predicted molar refractivity (Wildman–Crippen MR) is 74.7 cm³/mol. The van der Waals surface area contributed by atoms with E-state index in [4.69, 9.17) is 0 Å². The fourth-order valence-corrected chi connectivity index (χ4v) is 3.40. The van der Waals surface area contributed by atoms with Gasteiger partial charge in [0.15, 0.2) is 0 Å². The number of nitrogens with one attached hydrogen (secondary N) is 1. The highest BCUT2D eigenvalue weighted by molar-refractivity contribution is 8.39. The summed E-state index contributed by atoms with van der Waals surface area (Å²) in [5, 5.41) is 2.72. The maximum atomic E-state index is 11.9. The number of hydrogen-bond donors (Lipinski definition) is 1. The second-order valence-electron chi connectivity index (χ2n) is 3.48. The van der Waals surface area contributed by atoms with E-state index in [2.05, 4.69) is 15.3 Å². The van der Waals surface area contributed by atoms with Crippen molar-refractivity contribution in [2.75, 3.05) is 17.6 Å². The molecule has 1 atom stereocenters. The third-order valence-corrected chi connectivity index (χ3v) is 4.46. The first-order valence-corrected chi connectivity index (χ1v) is 7.17. The average Bonchev–Trinajstić information content (AvgIpc) is 2.83. The van der Waals surface area contributed by atoms with Crippen LogP contribution in [0.4, 0.5) is 5.69 Å². The van der Waals surface area contributed by atoms with Crippen LogP contribution in [0.15, 0.2) is 29.5 Å². The Bertz CT molecular complexity index is 422. The Kier molecular flexibility index (Phi) is 4.44. The van der Waals surface area contributed by atoms with Gasteiger partial charge >= 0.3 is 0 Å². The number of pyridine rings is 1. The molecule has 0 aliphatic carbocycles. The van der Waals surface area contributed by atoms with Crippen molar-refractivity contribution in [2.24, 2.45) is 4.99 Å². The van der Waals surface area contributed by atoms with Crippen LogP contribution in [-0.2, 0) is 4.79 Å². The lowest BCUT2D eigenvalue weighted by Gasteiger charge is -2.11. The van der Waals surface area contributed by atoms with Gasteiger partial charge in [-0.25, -0.2) is 0 Å². The van der Waals surface area contributed by atoms with Gasteiger partial charge in [0.1, 0.15) is 4.38 Å². The topological polar surface area (TPSA) is 54.4 Å². The fraction of sp³-hybridized carbons (Fsp3) is 0.364. The standard InChI is InChI=1S/C11H13N3OS2/c1-8(17-11-13-6-7-16-11)10(15)14-9-2-4-12-5-3-9/h2-5,8H,6-7H2,1H3,(H,12,14,15). The Morgan fingerprint density at radius 2 is 2.29 bits per heavy atom. The first-order chi connectivity index (χ1) is 8.25. The van der Waals surface area contributed by atoms with E-state index in [0.29, 0.717) is 0 Å². The highest BCUT2D eigenvalue weighted by atomic mass is 32.2. The van der Waals surface area contributed by atoms with Crippen molar-refractivity contribution in [2.45, 2.75) is 12.2 Å². The van der Waals surface area contributed by atoms with Gasteiger partial charge in [-0.2, -0.15) is 0 Å². The molecule has 1 aromatic rings. The molecule has 0 saturated heterocycles. The molecule has 1 aliphatic rings. The predicted octanol–water partition coefficient (Wildman–Crippen LogP) is 2.24. The average molecular weight is 267 g/mol. The molecule has 1 N–H and O–H groups in total. The molecule has 0 radical (unpaired) electrons. The van der Waals surface area contributed by atoms with E-state index in [-0.39, 0.29) is 11.2 Å². The van der Waals surface area contributed by atoms with Crippen LogP contribution in [0.2, 0.25) is 0 Å². The lowest BCUT2D eigenvalue weighted by molar-refractivity contribution is -0.115. The second-order valence-corrected chi connectivity index (χ2v) is 6.15. The minimum atomic E-state index is -0.132. The van der Waals surface area contributed by atoms with E-state index >= 15 is 0 Å². The molecule has 0 aromatic carbocycles. The zero-order chi connectivity index (χ0) is 12.1. The summed E-state index contributed by atoms with van der Waals surface area (Å²) in [6.45, 7) is 2.76. The summed E-state index contributed by atoms with van der Waals surface area (Å²) >= 11 is 3.24. The number of rotatable bonds is 3. The number of aromatic nitrogens is 1. The van der Waals surface area contributed by atoms with Crippen LogP contribution >= 0.6 is 23.5 Å². The number of nitrogens with zero attached hydrogens (tertiary/aromatic N) is 2. The number of carbonyl (C=O) groups excluding carboxylic acids is 1. The highest BCUT2D eigenvalue weighted by Crippen LogP contribution is 2.26. The third-order valence-electron chi connectivity index (χ3n) is 2.15. The number of amides is 1. The molecule has 1 aliphatic heterocycles. The van der Waals surface area contributed by atoms with Crippen molar-refractivity contribution >= 4 is 39.5 Å². The van der Waals surface area contributed by atoms with Crippen molar-refractivity contribution in [1.82, 2.24) is 4.98 Å². The monoisotopic (exact) mass is 267 g/mol. The quantitative estimate of drug-likeness (QED) is 0.912. The Labute approximate surface area is 109 Å². The van der Waals surface area contributed by atoms with E-state index in [1.54, 1.807) is 36.3 Å². The van der Waals surface area contributed by atoms with E-state index in [1.807, 2.05) is 6.92 Å². The number of aliphatic imine (C=N–C) groups is 1. The molecular formula is C11H13N3OS2. The number of anilines is 1. The minimum absolute atomic E-state index is 0.00333.